The highest BCUT2D eigenvalue weighted by atomic mass is 32.2. The Hall–Kier alpha value is -1.29. The highest BCUT2D eigenvalue weighted by Gasteiger charge is 2.33. The van der Waals surface area contributed by atoms with Crippen molar-refractivity contribution in [2.75, 3.05) is 7.05 Å². The van der Waals surface area contributed by atoms with E-state index in [2.05, 4.69) is 25.2 Å². The zero-order chi connectivity index (χ0) is 15.7. The zero-order valence-corrected chi connectivity index (χ0v) is 14.0. The average molecular weight is 329 g/mol. The number of rotatable bonds is 6. The van der Waals surface area contributed by atoms with Crippen molar-refractivity contribution in [3.05, 3.63) is 28.0 Å². The Labute approximate surface area is 128 Å². The molecule has 3 N–H and O–H groups in total. The van der Waals surface area contributed by atoms with E-state index in [4.69, 9.17) is 0 Å². The SMILES string of the molecule is CNCc1n[nH]c(C)c1S(=O)(=O)NC(C)(C)c1nccs1. The van der Waals surface area contributed by atoms with Gasteiger partial charge in [0, 0.05) is 18.1 Å². The lowest BCUT2D eigenvalue weighted by molar-refractivity contribution is 0.469. The molecule has 7 nitrogen and oxygen atoms in total. The Balaban J connectivity index is 2.37. The van der Waals surface area contributed by atoms with Gasteiger partial charge in [0.15, 0.2) is 0 Å². The van der Waals surface area contributed by atoms with Gasteiger partial charge in [-0.2, -0.15) is 9.82 Å². The fourth-order valence-electron chi connectivity index (χ4n) is 2.08. The van der Waals surface area contributed by atoms with Gasteiger partial charge in [-0.1, -0.05) is 0 Å². The fraction of sp³-hybridized carbons (Fsp3) is 0.500. The van der Waals surface area contributed by atoms with E-state index in [1.807, 2.05) is 5.38 Å². The summed E-state index contributed by atoms with van der Waals surface area (Å²) in [5.74, 6) is 0. The molecule has 0 amide bonds. The van der Waals surface area contributed by atoms with Gasteiger partial charge >= 0.3 is 0 Å². The molecule has 0 saturated carbocycles. The zero-order valence-electron chi connectivity index (χ0n) is 12.4. The first kappa shape index (κ1) is 16.1. The number of hydrogen-bond donors (Lipinski definition) is 3. The third kappa shape index (κ3) is 3.31. The van der Waals surface area contributed by atoms with Crippen LogP contribution in [0.1, 0.15) is 30.2 Å². The minimum absolute atomic E-state index is 0.196. The maximum Gasteiger partial charge on any atom is 0.245 e. The van der Waals surface area contributed by atoms with Gasteiger partial charge in [0.1, 0.15) is 9.90 Å². The van der Waals surface area contributed by atoms with Crippen molar-refractivity contribution in [2.45, 2.75) is 37.8 Å². The molecule has 2 heterocycles. The largest absolute Gasteiger partial charge is 0.314 e. The van der Waals surface area contributed by atoms with Gasteiger partial charge in [-0.3, -0.25) is 5.10 Å². The van der Waals surface area contributed by atoms with Gasteiger partial charge in [-0.05, 0) is 27.8 Å². The molecule has 0 radical (unpaired) electrons. The summed E-state index contributed by atoms with van der Waals surface area (Å²) < 4.78 is 28.1. The molecule has 2 aromatic rings. The van der Waals surface area contributed by atoms with Crippen LogP contribution in [0.25, 0.3) is 0 Å². The summed E-state index contributed by atoms with van der Waals surface area (Å²) in [6.07, 6.45) is 1.66. The number of hydrogen-bond acceptors (Lipinski definition) is 6. The first-order chi connectivity index (χ1) is 9.78. The second-order valence-corrected chi connectivity index (χ2v) is 7.74. The van der Waals surface area contributed by atoms with Crippen molar-refractivity contribution in [2.24, 2.45) is 0 Å². The van der Waals surface area contributed by atoms with Crippen LogP contribution in [0.3, 0.4) is 0 Å². The summed E-state index contributed by atoms with van der Waals surface area (Å²) in [6.45, 7) is 5.64. The van der Waals surface area contributed by atoms with Crippen LogP contribution in [0.2, 0.25) is 0 Å². The third-order valence-corrected chi connectivity index (χ3v) is 5.89. The van der Waals surface area contributed by atoms with Crippen molar-refractivity contribution in [3.8, 4) is 0 Å². The molecule has 0 saturated heterocycles. The summed E-state index contributed by atoms with van der Waals surface area (Å²) in [7, 11) is -1.96. The number of nitrogens with one attached hydrogen (secondary N) is 3. The van der Waals surface area contributed by atoms with E-state index in [0.717, 1.165) is 0 Å². The third-order valence-electron chi connectivity index (χ3n) is 2.93. The fourth-order valence-corrected chi connectivity index (χ4v) is 4.61. The quantitative estimate of drug-likeness (QED) is 0.737. The topological polar surface area (TPSA) is 99.8 Å². The Kier molecular flexibility index (Phi) is 4.47. The van der Waals surface area contributed by atoms with Gasteiger partial charge in [-0.25, -0.2) is 13.4 Å². The number of aryl methyl sites for hydroxylation is 1. The number of H-pyrrole nitrogens is 1. The minimum atomic E-state index is -3.70. The van der Waals surface area contributed by atoms with Crippen molar-refractivity contribution < 1.29 is 8.42 Å². The predicted octanol–water partition coefficient (Wildman–Crippen LogP) is 1.11. The van der Waals surface area contributed by atoms with Crippen molar-refractivity contribution in [1.29, 1.82) is 0 Å². The first-order valence-electron chi connectivity index (χ1n) is 6.40. The lowest BCUT2D eigenvalue weighted by atomic mass is 10.1. The maximum absolute atomic E-state index is 12.7. The molecule has 2 rings (SSSR count). The van der Waals surface area contributed by atoms with Crippen LogP contribution >= 0.6 is 11.3 Å². The van der Waals surface area contributed by atoms with E-state index >= 15 is 0 Å². The predicted molar refractivity (Wildman–Crippen MR) is 81.5 cm³/mol. The monoisotopic (exact) mass is 329 g/mol. The molecule has 0 spiro atoms. The Morgan fingerprint density at radius 1 is 1.43 bits per heavy atom. The number of aromatic amines is 1. The van der Waals surface area contributed by atoms with Crippen LogP contribution in [0.4, 0.5) is 0 Å². The average Bonchev–Trinajstić information content (AvgIpc) is 2.98. The number of sulfonamides is 1. The molecule has 9 heteroatoms. The molecule has 116 valence electrons. The molecule has 0 atom stereocenters. The number of aromatic nitrogens is 3. The number of thiazole rings is 1. The summed E-state index contributed by atoms with van der Waals surface area (Å²) in [5.41, 5.74) is 0.202. The van der Waals surface area contributed by atoms with Gasteiger partial charge in [0.05, 0.1) is 16.9 Å². The Bertz CT molecular complexity index is 704. The molecular formula is C12H19N5O2S2. The highest BCUT2D eigenvalue weighted by molar-refractivity contribution is 7.89. The van der Waals surface area contributed by atoms with Crippen LogP contribution in [-0.2, 0) is 22.1 Å². The smallest absolute Gasteiger partial charge is 0.245 e. The molecule has 0 bridgehead atoms. The normalized spacial score (nSPS) is 12.8. The van der Waals surface area contributed by atoms with Crippen molar-refractivity contribution in [1.82, 2.24) is 25.2 Å². The second-order valence-electron chi connectivity index (χ2n) is 5.22. The van der Waals surface area contributed by atoms with E-state index in [1.54, 1.807) is 34.0 Å². The van der Waals surface area contributed by atoms with Crippen LogP contribution in [0.15, 0.2) is 16.5 Å². The lowest BCUT2D eigenvalue weighted by Gasteiger charge is -2.23. The molecule has 0 aliphatic heterocycles. The van der Waals surface area contributed by atoms with Gasteiger partial charge < -0.3 is 5.32 Å². The maximum atomic E-state index is 12.7. The molecule has 2 aromatic heterocycles. The molecule has 0 aliphatic carbocycles. The standard InChI is InChI=1S/C12H19N5O2S2/c1-8-10(9(7-13-4)16-15-8)21(18,19)17-12(2,3)11-14-5-6-20-11/h5-6,13,17H,7H2,1-4H3,(H,15,16). The number of nitrogens with zero attached hydrogens (tertiary/aromatic N) is 2. The summed E-state index contributed by atoms with van der Waals surface area (Å²) >= 11 is 1.41. The molecule has 0 aromatic carbocycles. The van der Waals surface area contributed by atoms with E-state index in [-0.39, 0.29) is 4.90 Å². The van der Waals surface area contributed by atoms with E-state index in [0.29, 0.717) is 22.9 Å². The Morgan fingerprint density at radius 3 is 2.71 bits per heavy atom. The van der Waals surface area contributed by atoms with Gasteiger partial charge in [-0.15, -0.1) is 11.3 Å². The molecule has 0 aliphatic rings. The van der Waals surface area contributed by atoms with E-state index in [1.165, 1.54) is 11.3 Å². The summed E-state index contributed by atoms with van der Waals surface area (Å²) in [6, 6.07) is 0. The highest BCUT2D eigenvalue weighted by Crippen LogP contribution is 2.26. The molecule has 0 unspecified atom stereocenters. The minimum Gasteiger partial charge on any atom is -0.314 e. The molecule has 21 heavy (non-hydrogen) atoms. The summed E-state index contributed by atoms with van der Waals surface area (Å²) in [5, 5.41) is 12.2. The van der Waals surface area contributed by atoms with E-state index in [9.17, 15) is 8.42 Å². The Morgan fingerprint density at radius 2 is 2.14 bits per heavy atom. The lowest BCUT2D eigenvalue weighted by Crippen LogP contribution is -2.41. The van der Waals surface area contributed by atoms with Crippen LogP contribution in [0, 0.1) is 6.92 Å². The van der Waals surface area contributed by atoms with E-state index < -0.39 is 15.6 Å². The van der Waals surface area contributed by atoms with Crippen LogP contribution < -0.4 is 10.0 Å². The van der Waals surface area contributed by atoms with Crippen molar-refractivity contribution in [3.63, 3.8) is 0 Å². The van der Waals surface area contributed by atoms with Gasteiger partial charge in [0.25, 0.3) is 0 Å². The van der Waals surface area contributed by atoms with Gasteiger partial charge in [0.2, 0.25) is 10.0 Å². The first-order valence-corrected chi connectivity index (χ1v) is 8.76. The second kappa shape index (κ2) is 5.84. The molecular weight excluding hydrogens is 310 g/mol. The summed E-state index contributed by atoms with van der Waals surface area (Å²) in [4.78, 5) is 4.39. The molecule has 0 fully saturated rings. The van der Waals surface area contributed by atoms with Crippen molar-refractivity contribution >= 4 is 21.4 Å². The van der Waals surface area contributed by atoms with Crippen LogP contribution in [-0.4, -0.2) is 30.6 Å². The van der Waals surface area contributed by atoms with Crippen LogP contribution in [0.5, 0.6) is 0 Å².